The molecule has 40 heavy (non-hydrogen) atoms. The number of amidine groups is 1. The predicted octanol–water partition coefficient (Wildman–Crippen LogP) is 3.78. The number of fused-ring (bicyclic) bond motifs is 1. The van der Waals surface area contributed by atoms with Gasteiger partial charge in [0.05, 0.1) is 30.5 Å². The van der Waals surface area contributed by atoms with E-state index in [9.17, 15) is 13.6 Å². The lowest BCUT2D eigenvalue weighted by atomic mass is 10.0. The summed E-state index contributed by atoms with van der Waals surface area (Å²) in [6.45, 7) is 1.94. The Morgan fingerprint density at radius 3 is 2.55 bits per heavy atom. The summed E-state index contributed by atoms with van der Waals surface area (Å²) in [7, 11) is 0. The molecule has 3 aromatic rings. The molecule has 1 aliphatic carbocycles. The molecule has 1 saturated heterocycles. The number of para-hydroxylation sites is 1. The molecule has 2 atom stereocenters. The smallest absolute Gasteiger partial charge is 0.290 e. The largest absolute Gasteiger partial charge is 0.405 e. The highest BCUT2D eigenvalue weighted by Crippen LogP contribution is 2.57. The number of carbonyl (C=O) groups is 1. The molecule has 3 aliphatic rings. The molecule has 1 amide bonds. The minimum absolute atomic E-state index is 0.0716. The Hall–Kier alpha value is -4.23. The van der Waals surface area contributed by atoms with E-state index in [1.807, 2.05) is 47.4 Å². The van der Waals surface area contributed by atoms with Gasteiger partial charge in [-0.1, -0.05) is 48.5 Å². The van der Waals surface area contributed by atoms with Crippen LogP contribution < -0.4 is 15.5 Å². The number of halogens is 2. The predicted molar refractivity (Wildman–Crippen MR) is 147 cm³/mol. The third-order valence-electron chi connectivity index (χ3n) is 6.73. The molecule has 1 unspecified atom stereocenters. The van der Waals surface area contributed by atoms with E-state index in [1.54, 1.807) is 12.1 Å². The van der Waals surface area contributed by atoms with E-state index in [4.69, 9.17) is 20.3 Å². The fraction of sp³-hybridized carbons (Fsp3) is 0.296. The van der Waals surface area contributed by atoms with E-state index >= 15 is 0 Å². The van der Waals surface area contributed by atoms with Crippen molar-refractivity contribution >= 4 is 45.6 Å². The number of nitrogens with one attached hydrogen (secondary N) is 4. The first-order valence-corrected chi connectivity index (χ1v) is 13.5. The molecule has 1 aromatic heterocycles. The Morgan fingerprint density at radius 2 is 1.82 bits per heavy atom. The fourth-order valence-corrected chi connectivity index (χ4v) is 5.85. The summed E-state index contributed by atoms with van der Waals surface area (Å²) in [6, 6.07) is 16.0. The Labute approximate surface area is 232 Å². The molecule has 4 N–H and O–H groups in total. The van der Waals surface area contributed by atoms with Crippen LogP contribution in [0, 0.1) is 10.8 Å². The third kappa shape index (κ3) is 5.17. The van der Waals surface area contributed by atoms with Gasteiger partial charge < -0.3 is 25.0 Å². The zero-order chi connectivity index (χ0) is 27.9. The molecule has 2 aliphatic heterocycles. The van der Waals surface area contributed by atoms with Gasteiger partial charge in [-0.3, -0.25) is 15.6 Å². The van der Waals surface area contributed by atoms with Crippen molar-refractivity contribution in [2.45, 2.75) is 24.4 Å². The van der Waals surface area contributed by atoms with Crippen LogP contribution in [0.1, 0.15) is 34.2 Å². The topological polar surface area (TPSA) is 136 Å². The number of aliphatic imine (C=N–C) groups is 1. The first kappa shape index (κ1) is 26.0. The minimum Gasteiger partial charge on any atom is -0.405 e. The van der Waals surface area contributed by atoms with Gasteiger partial charge in [-0.2, -0.15) is 0 Å². The van der Waals surface area contributed by atoms with Crippen molar-refractivity contribution in [2.75, 3.05) is 36.5 Å². The molecule has 1 saturated carbocycles. The summed E-state index contributed by atoms with van der Waals surface area (Å²) in [4.78, 5) is 23.9. The number of carbonyl (C=O) groups excluding carboxylic acids is 1. The van der Waals surface area contributed by atoms with Crippen molar-refractivity contribution in [1.82, 2.24) is 10.3 Å². The van der Waals surface area contributed by atoms with Crippen LogP contribution in [-0.2, 0) is 14.3 Å². The highest BCUT2D eigenvalue weighted by molar-refractivity contribution is 7.16. The van der Waals surface area contributed by atoms with Gasteiger partial charge in [0.15, 0.2) is 5.69 Å². The van der Waals surface area contributed by atoms with E-state index in [-0.39, 0.29) is 17.1 Å². The van der Waals surface area contributed by atoms with Gasteiger partial charge in [-0.15, -0.1) is 11.3 Å². The number of morpholine rings is 1. The monoisotopic (exact) mass is 565 g/mol. The van der Waals surface area contributed by atoms with Gasteiger partial charge in [0.2, 0.25) is 12.1 Å². The number of ether oxygens (including phenoxy) is 2. The number of anilines is 2. The zero-order valence-electron chi connectivity index (χ0n) is 21.1. The van der Waals surface area contributed by atoms with Gasteiger partial charge in [0, 0.05) is 30.6 Å². The van der Waals surface area contributed by atoms with E-state index < -0.39 is 35.8 Å². The van der Waals surface area contributed by atoms with Crippen LogP contribution in [0.3, 0.4) is 0 Å². The van der Waals surface area contributed by atoms with Crippen molar-refractivity contribution in [3.05, 3.63) is 76.4 Å². The lowest BCUT2D eigenvalue weighted by Gasteiger charge is -2.27. The van der Waals surface area contributed by atoms with Gasteiger partial charge in [-0.25, -0.2) is 18.8 Å². The highest BCUT2D eigenvalue weighted by Gasteiger charge is 2.59. The second-order valence-electron chi connectivity index (χ2n) is 9.51. The number of amides is 1. The number of benzodiazepines with no additional fused rings is 1. The van der Waals surface area contributed by atoms with Crippen LogP contribution in [0.25, 0.3) is 0 Å². The minimum atomic E-state index is -2.81. The standard InChI is InChI=1S/C27H25F2N7O3S/c28-27(29)14-17(27)24-34-20(25(40-24)36-10-12-38-13-11-36)21(30)39-26(31)35-22-23(37)32-18-9-5-4-8-16(18)19(33-22)15-6-2-1-3-7-15/h1-9,17,22,30H,10-14H2,(H2,31,35)(H,32,37)/t17?,22-/m1/s1. The Morgan fingerprint density at radius 1 is 1.12 bits per heavy atom. The fourth-order valence-electron chi connectivity index (χ4n) is 4.57. The molecule has 10 nitrogen and oxygen atoms in total. The van der Waals surface area contributed by atoms with Crippen molar-refractivity contribution in [2.24, 2.45) is 4.99 Å². The maximum Gasteiger partial charge on any atom is 0.290 e. The normalized spacial score (nSPS) is 21.4. The summed E-state index contributed by atoms with van der Waals surface area (Å²) in [6.07, 6.45) is -1.52. The molecule has 206 valence electrons. The Balaban J connectivity index is 1.24. The van der Waals surface area contributed by atoms with Gasteiger partial charge in [0.25, 0.3) is 17.9 Å². The maximum atomic E-state index is 13.8. The number of rotatable bonds is 5. The number of benzene rings is 2. The first-order chi connectivity index (χ1) is 19.3. The van der Waals surface area contributed by atoms with Gasteiger partial charge >= 0.3 is 0 Å². The second-order valence-corrected chi connectivity index (χ2v) is 10.5. The van der Waals surface area contributed by atoms with Crippen molar-refractivity contribution < 1.29 is 23.0 Å². The molecule has 0 spiro atoms. The van der Waals surface area contributed by atoms with Gasteiger partial charge in [0.1, 0.15) is 10.0 Å². The van der Waals surface area contributed by atoms with E-state index in [0.717, 1.165) is 16.9 Å². The average Bonchev–Trinajstić information content (AvgIpc) is 3.42. The molecule has 13 heteroatoms. The summed E-state index contributed by atoms with van der Waals surface area (Å²) >= 11 is 1.11. The lowest BCUT2D eigenvalue weighted by Crippen LogP contribution is -2.43. The summed E-state index contributed by atoms with van der Waals surface area (Å²) in [5.41, 5.74) is 2.68. The van der Waals surface area contributed by atoms with Crippen LogP contribution in [0.15, 0.2) is 59.6 Å². The van der Waals surface area contributed by atoms with Crippen LogP contribution in [0.5, 0.6) is 0 Å². The molecular weight excluding hydrogens is 540 g/mol. The summed E-state index contributed by atoms with van der Waals surface area (Å²) < 4.78 is 38.5. The molecule has 3 heterocycles. The first-order valence-electron chi connectivity index (χ1n) is 12.7. The molecule has 0 bridgehead atoms. The molecule has 6 rings (SSSR count). The van der Waals surface area contributed by atoms with E-state index in [2.05, 4.69) is 20.6 Å². The number of alkyl halides is 2. The van der Waals surface area contributed by atoms with E-state index in [1.165, 1.54) is 0 Å². The SMILES string of the molecule is N=C(N[C@H]1N=C(c2ccccc2)c2ccccc2NC1=O)OC(=N)c1nc(C2CC2(F)F)sc1N1CCOCC1. The Bertz CT molecular complexity index is 1500. The van der Waals surface area contributed by atoms with Crippen molar-refractivity contribution in [1.29, 1.82) is 10.8 Å². The number of hydrogen-bond acceptors (Lipinski definition) is 9. The number of aromatic nitrogens is 1. The summed E-state index contributed by atoms with van der Waals surface area (Å²) in [5, 5.41) is 23.1. The van der Waals surface area contributed by atoms with Crippen molar-refractivity contribution in [3.8, 4) is 0 Å². The number of hydrogen-bond donors (Lipinski definition) is 4. The Kier molecular flexibility index (Phi) is 6.76. The molecular formula is C27H25F2N7O3S. The van der Waals surface area contributed by atoms with Crippen LogP contribution >= 0.6 is 11.3 Å². The average molecular weight is 566 g/mol. The van der Waals surface area contributed by atoms with Crippen molar-refractivity contribution in [3.63, 3.8) is 0 Å². The van der Waals surface area contributed by atoms with Crippen LogP contribution in [0.2, 0.25) is 0 Å². The molecule has 2 aromatic carbocycles. The number of thiazole rings is 1. The molecule has 0 radical (unpaired) electrons. The lowest BCUT2D eigenvalue weighted by molar-refractivity contribution is -0.117. The van der Waals surface area contributed by atoms with Crippen LogP contribution in [0.4, 0.5) is 19.5 Å². The zero-order valence-corrected chi connectivity index (χ0v) is 21.9. The third-order valence-corrected chi connectivity index (χ3v) is 7.96. The quantitative estimate of drug-likeness (QED) is 0.275. The van der Waals surface area contributed by atoms with Gasteiger partial charge in [-0.05, 0) is 6.07 Å². The van der Waals surface area contributed by atoms with E-state index in [0.29, 0.717) is 48.3 Å². The number of nitrogens with zero attached hydrogens (tertiary/aromatic N) is 3. The molecule has 2 fully saturated rings. The summed E-state index contributed by atoms with van der Waals surface area (Å²) in [5.74, 6) is -4.80. The highest BCUT2D eigenvalue weighted by atomic mass is 32.1. The second kappa shape index (κ2) is 10.4. The van der Waals surface area contributed by atoms with Crippen LogP contribution in [-0.4, -0.2) is 66.9 Å². The maximum absolute atomic E-state index is 13.8.